The van der Waals surface area contributed by atoms with Crippen LogP contribution in [0.15, 0.2) is 64.2 Å². The van der Waals surface area contributed by atoms with Crippen LogP contribution in [0.3, 0.4) is 0 Å². The summed E-state index contributed by atoms with van der Waals surface area (Å²) in [6, 6.07) is 16.1. The number of aliphatic hydroxyl groups excluding tert-OH is 1. The van der Waals surface area contributed by atoms with Crippen molar-refractivity contribution in [1.82, 2.24) is 24.0 Å². The summed E-state index contributed by atoms with van der Waals surface area (Å²) >= 11 is 0. The molecule has 1 atom stereocenters. The average molecular weight is 549 g/mol. The Morgan fingerprint density at radius 3 is 2.42 bits per heavy atom. The first-order valence-electron chi connectivity index (χ1n) is 13.7. The SMILES string of the molecule is CCCn1c(=O)c2c(nc(Cc3ccccc3)n2CCNCC(O)CC)n(CCc2cccc([N+](=O)[O-])c2)c1=O. The van der Waals surface area contributed by atoms with Gasteiger partial charge in [-0.3, -0.25) is 24.0 Å². The van der Waals surface area contributed by atoms with E-state index >= 15 is 0 Å². The molecule has 0 spiro atoms. The fourth-order valence-electron chi connectivity index (χ4n) is 4.78. The van der Waals surface area contributed by atoms with Gasteiger partial charge in [0.2, 0.25) is 0 Å². The van der Waals surface area contributed by atoms with E-state index in [4.69, 9.17) is 4.98 Å². The molecule has 40 heavy (non-hydrogen) atoms. The van der Waals surface area contributed by atoms with Crippen molar-refractivity contribution < 1.29 is 10.0 Å². The van der Waals surface area contributed by atoms with Crippen LogP contribution in [0.25, 0.3) is 11.2 Å². The van der Waals surface area contributed by atoms with Crippen molar-refractivity contribution in [1.29, 1.82) is 0 Å². The number of aliphatic hydroxyl groups is 1. The molecule has 212 valence electrons. The van der Waals surface area contributed by atoms with E-state index in [1.807, 2.05) is 48.7 Å². The van der Waals surface area contributed by atoms with Crippen LogP contribution in [-0.4, -0.2) is 47.9 Å². The van der Waals surface area contributed by atoms with Gasteiger partial charge in [0.1, 0.15) is 5.82 Å². The third-order valence-electron chi connectivity index (χ3n) is 6.95. The van der Waals surface area contributed by atoms with Gasteiger partial charge in [0.25, 0.3) is 11.2 Å². The number of nitro benzene ring substituents is 1. The molecule has 2 aromatic carbocycles. The molecule has 0 saturated heterocycles. The monoisotopic (exact) mass is 548 g/mol. The number of aromatic nitrogens is 4. The minimum absolute atomic E-state index is 0.0129. The molecule has 1 unspecified atom stereocenters. The molecule has 0 amide bonds. The molecule has 0 saturated carbocycles. The van der Waals surface area contributed by atoms with E-state index in [0.717, 1.165) is 5.56 Å². The van der Waals surface area contributed by atoms with Gasteiger partial charge in [-0.25, -0.2) is 9.78 Å². The van der Waals surface area contributed by atoms with E-state index < -0.39 is 16.7 Å². The number of rotatable bonds is 14. The summed E-state index contributed by atoms with van der Waals surface area (Å²) in [6.45, 7) is 5.67. The summed E-state index contributed by atoms with van der Waals surface area (Å²) in [6.07, 6.45) is 1.62. The normalized spacial score (nSPS) is 12.2. The molecule has 4 aromatic rings. The molecule has 2 aromatic heterocycles. The molecule has 4 rings (SSSR count). The summed E-state index contributed by atoms with van der Waals surface area (Å²) < 4.78 is 4.66. The maximum Gasteiger partial charge on any atom is 0.332 e. The Morgan fingerprint density at radius 2 is 1.73 bits per heavy atom. The third kappa shape index (κ3) is 6.54. The summed E-state index contributed by atoms with van der Waals surface area (Å²) in [4.78, 5) is 42.9. The largest absolute Gasteiger partial charge is 0.392 e. The zero-order chi connectivity index (χ0) is 28.6. The van der Waals surface area contributed by atoms with Gasteiger partial charge in [0.05, 0.1) is 11.0 Å². The minimum atomic E-state index is -0.455. The van der Waals surface area contributed by atoms with Crippen LogP contribution < -0.4 is 16.6 Å². The molecular formula is C29H36N6O5. The standard InChI is InChI=1S/C29H36N6O5/c1-3-15-34-28(37)26-27(33(29(34)38)16-13-22-11-8-12-23(18-22)35(39)40)31-25(19-21-9-6-5-7-10-21)32(26)17-14-30-20-24(36)4-2/h5-12,18,24,30,36H,3-4,13-17,19-20H2,1-2H3. The molecule has 2 N–H and O–H groups in total. The van der Waals surface area contributed by atoms with Crippen LogP contribution in [-0.2, 0) is 32.5 Å². The maximum atomic E-state index is 13.7. The van der Waals surface area contributed by atoms with E-state index in [2.05, 4.69) is 5.32 Å². The predicted molar refractivity (Wildman–Crippen MR) is 154 cm³/mol. The quantitative estimate of drug-likeness (QED) is 0.140. The highest BCUT2D eigenvalue weighted by Gasteiger charge is 2.22. The summed E-state index contributed by atoms with van der Waals surface area (Å²) in [7, 11) is 0. The zero-order valence-corrected chi connectivity index (χ0v) is 23.0. The lowest BCUT2D eigenvalue weighted by Gasteiger charge is -2.14. The van der Waals surface area contributed by atoms with Crippen molar-refractivity contribution in [2.24, 2.45) is 0 Å². The summed E-state index contributed by atoms with van der Waals surface area (Å²) in [5.41, 5.74) is 1.57. The summed E-state index contributed by atoms with van der Waals surface area (Å²) in [5.74, 6) is 0.661. The van der Waals surface area contributed by atoms with Gasteiger partial charge in [-0.2, -0.15) is 0 Å². The number of nitro groups is 1. The van der Waals surface area contributed by atoms with Crippen molar-refractivity contribution in [3.63, 3.8) is 0 Å². The van der Waals surface area contributed by atoms with Crippen LogP contribution in [0.5, 0.6) is 0 Å². The maximum absolute atomic E-state index is 13.7. The Bertz CT molecular complexity index is 1570. The van der Waals surface area contributed by atoms with Crippen LogP contribution in [0.1, 0.15) is 43.6 Å². The highest BCUT2D eigenvalue weighted by atomic mass is 16.6. The second kappa shape index (κ2) is 13.3. The van der Waals surface area contributed by atoms with Crippen molar-refractivity contribution in [2.75, 3.05) is 13.1 Å². The molecule has 11 heteroatoms. The number of nitrogens with zero attached hydrogens (tertiary/aromatic N) is 5. The molecular weight excluding hydrogens is 512 g/mol. The molecule has 0 fully saturated rings. The Morgan fingerprint density at radius 1 is 0.975 bits per heavy atom. The first-order chi connectivity index (χ1) is 19.3. The number of imidazole rings is 1. The lowest BCUT2D eigenvalue weighted by atomic mass is 10.1. The van der Waals surface area contributed by atoms with Crippen molar-refractivity contribution in [3.8, 4) is 0 Å². The number of nitrogens with one attached hydrogen (secondary N) is 1. The lowest BCUT2D eigenvalue weighted by Crippen LogP contribution is -2.41. The molecule has 0 aliphatic rings. The van der Waals surface area contributed by atoms with E-state index in [1.54, 1.807) is 12.1 Å². The van der Waals surface area contributed by atoms with E-state index in [9.17, 15) is 24.8 Å². The van der Waals surface area contributed by atoms with Crippen LogP contribution >= 0.6 is 0 Å². The second-order valence-corrected chi connectivity index (χ2v) is 9.85. The molecule has 0 radical (unpaired) electrons. The van der Waals surface area contributed by atoms with Crippen molar-refractivity contribution in [2.45, 2.75) is 65.3 Å². The average Bonchev–Trinajstić information content (AvgIpc) is 3.31. The van der Waals surface area contributed by atoms with Gasteiger partial charge in [-0.15, -0.1) is 0 Å². The van der Waals surface area contributed by atoms with Gasteiger partial charge in [0.15, 0.2) is 11.2 Å². The van der Waals surface area contributed by atoms with Crippen molar-refractivity contribution >= 4 is 16.9 Å². The number of hydrogen-bond acceptors (Lipinski definition) is 7. The molecule has 0 aliphatic carbocycles. The van der Waals surface area contributed by atoms with Gasteiger partial charge >= 0.3 is 5.69 Å². The molecule has 0 aliphatic heterocycles. The Hall–Kier alpha value is -4.09. The van der Waals surface area contributed by atoms with Gasteiger partial charge in [-0.1, -0.05) is 56.3 Å². The fraction of sp³-hybridized carbons (Fsp3) is 0.414. The van der Waals surface area contributed by atoms with Crippen LogP contribution in [0.2, 0.25) is 0 Å². The summed E-state index contributed by atoms with van der Waals surface area (Å²) in [5, 5.41) is 24.4. The molecule has 11 nitrogen and oxygen atoms in total. The predicted octanol–water partition coefficient (Wildman–Crippen LogP) is 2.87. The minimum Gasteiger partial charge on any atom is -0.392 e. The second-order valence-electron chi connectivity index (χ2n) is 9.85. The zero-order valence-electron chi connectivity index (χ0n) is 23.0. The number of aryl methyl sites for hydroxylation is 2. The van der Waals surface area contributed by atoms with E-state index in [-0.39, 0.29) is 24.3 Å². The first-order valence-corrected chi connectivity index (χ1v) is 13.7. The van der Waals surface area contributed by atoms with E-state index in [0.29, 0.717) is 67.9 Å². The Labute approximate surface area is 231 Å². The third-order valence-corrected chi connectivity index (χ3v) is 6.95. The highest BCUT2D eigenvalue weighted by molar-refractivity contribution is 5.71. The number of hydrogen-bond donors (Lipinski definition) is 2. The number of fused-ring (bicyclic) bond motifs is 1. The van der Waals surface area contributed by atoms with Crippen LogP contribution in [0, 0.1) is 10.1 Å². The molecule has 0 bridgehead atoms. The van der Waals surface area contributed by atoms with Crippen molar-refractivity contribution in [3.05, 3.63) is 103 Å². The lowest BCUT2D eigenvalue weighted by molar-refractivity contribution is -0.384. The highest BCUT2D eigenvalue weighted by Crippen LogP contribution is 2.18. The van der Waals surface area contributed by atoms with Gasteiger partial charge in [-0.05, 0) is 30.4 Å². The topological polar surface area (TPSA) is 137 Å². The van der Waals surface area contributed by atoms with Gasteiger partial charge < -0.3 is 15.0 Å². The van der Waals surface area contributed by atoms with Crippen LogP contribution in [0.4, 0.5) is 5.69 Å². The first kappa shape index (κ1) is 28.9. The Kier molecular flexibility index (Phi) is 9.62. The fourth-order valence-corrected chi connectivity index (χ4v) is 4.78. The number of benzene rings is 2. The van der Waals surface area contributed by atoms with Gasteiger partial charge in [0, 0.05) is 51.3 Å². The number of non-ortho nitro benzene ring substituents is 1. The van der Waals surface area contributed by atoms with E-state index in [1.165, 1.54) is 21.3 Å². The Balaban J connectivity index is 1.80. The molecule has 2 heterocycles. The smallest absolute Gasteiger partial charge is 0.332 e.